The number of nitrogens with one attached hydrogen (secondary N) is 1. The number of rotatable bonds is 4. The van der Waals surface area contributed by atoms with Crippen LogP contribution in [0.4, 0.5) is 10.6 Å². The van der Waals surface area contributed by atoms with Crippen LogP contribution in [0.15, 0.2) is 6.07 Å². The summed E-state index contributed by atoms with van der Waals surface area (Å²) < 4.78 is 30.5. The lowest BCUT2D eigenvalue weighted by Gasteiger charge is -2.38. The van der Waals surface area contributed by atoms with Crippen LogP contribution in [-0.2, 0) is 17.3 Å². The highest BCUT2D eigenvalue weighted by atomic mass is 32.2. The summed E-state index contributed by atoms with van der Waals surface area (Å²) in [7, 11) is -0.0172. The third-order valence-corrected chi connectivity index (χ3v) is 7.59. The molecule has 1 N–H and O–H groups in total. The van der Waals surface area contributed by atoms with Crippen molar-refractivity contribution in [2.75, 3.05) is 38.5 Å². The minimum Gasteiger partial charge on any atom is -0.322 e. The van der Waals surface area contributed by atoms with E-state index in [1.807, 2.05) is 6.92 Å². The van der Waals surface area contributed by atoms with Crippen LogP contribution in [0.3, 0.4) is 0 Å². The Hall–Kier alpha value is -1.65. The predicted molar refractivity (Wildman–Crippen MR) is 104 cm³/mol. The number of nitrogens with zero attached hydrogens (tertiary/aromatic N) is 5. The predicted octanol–water partition coefficient (Wildman–Crippen LogP) is 1.39. The maximum Gasteiger partial charge on any atom is 0.323 e. The lowest BCUT2D eigenvalue weighted by molar-refractivity contribution is 0.177. The summed E-state index contributed by atoms with van der Waals surface area (Å²) in [5.74, 6) is 0.629. The van der Waals surface area contributed by atoms with Gasteiger partial charge in [0.15, 0.2) is 0 Å². The van der Waals surface area contributed by atoms with Gasteiger partial charge < -0.3 is 4.90 Å². The van der Waals surface area contributed by atoms with Crippen molar-refractivity contribution in [1.29, 1.82) is 0 Å². The van der Waals surface area contributed by atoms with E-state index in [1.165, 1.54) is 10.7 Å². The van der Waals surface area contributed by atoms with Crippen molar-refractivity contribution >= 4 is 22.1 Å². The Morgan fingerprint density at radius 1 is 1.19 bits per heavy atom. The first-order chi connectivity index (χ1) is 12.8. The van der Waals surface area contributed by atoms with Crippen molar-refractivity contribution in [2.24, 2.45) is 7.05 Å². The fourth-order valence-electron chi connectivity index (χ4n) is 3.85. The largest absolute Gasteiger partial charge is 0.323 e. The average Bonchev–Trinajstić information content (AvgIpc) is 2.98. The van der Waals surface area contributed by atoms with Crippen molar-refractivity contribution in [3.63, 3.8) is 0 Å². The van der Waals surface area contributed by atoms with Crippen LogP contribution in [0, 0.1) is 6.92 Å². The SMILES string of the molecule is Cc1cc(NC(=O)N2CCN(S(=O)(=O)N(C)C3CCCCC3)CC2)n(C)n1. The van der Waals surface area contributed by atoms with Gasteiger partial charge in [0.1, 0.15) is 5.82 Å². The number of aromatic nitrogens is 2. The smallest absolute Gasteiger partial charge is 0.322 e. The number of hydrogen-bond donors (Lipinski definition) is 1. The molecule has 2 aliphatic rings. The van der Waals surface area contributed by atoms with E-state index in [2.05, 4.69) is 10.4 Å². The molecule has 0 spiro atoms. The van der Waals surface area contributed by atoms with E-state index in [4.69, 9.17) is 0 Å². The summed E-state index contributed by atoms with van der Waals surface area (Å²) >= 11 is 0. The lowest BCUT2D eigenvalue weighted by atomic mass is 9.96. The van der Waals surface area contributed by atoms with Crippen LogP contribution in [0.5, 0.6) is 0 Å². The van der Waals surface area contributed by atoms with E-state index in [1.54, 1.807) is 34.0 Å². The zero-order chi connectivity index (χ0) is 19.6. The van der Waals surface area contributed by atoms with Gasteiger partial charge in [0.05, 0.1) is 5.69 Å². The first-order valence-corrected chi connectivity index (χ1v) is 11.0. The van der Waals surface area contributed by atoms with Crippen molar-refractivity contribution in [3.05, 3.63) is 11.8 Å². The molecular weight excluding hydrogens is 368 g/mol. The number of carbonyl (C=O) groups is 1. The van der Waals surface area contributed by atoms with Gasteiger partial charge in [-0.2, -0.15) is 22.1 Å². The molecule has 0 bridgehead atoms. The number of hydrogen-bond acceptors (Lipinski definition) is 4. The zero-order valence-corrected chi connectivity index (χ0v) is 17.2. The standard InChI is InChI=1S/C17H30N6O3S/c1-14-13-16(20(2)19-14)18-17(24)22-9-11-23(12-10-22)27(25,26)21(3)15-7-5-4-6-8-15/h13,15H,4-12H2,1-3H3,(H,18,24). The molecule has 1 saturated carbocycles. The van der Waals surface area contributed by atoms with Gasteiger partial charge in [-0.25, -0.2) is 4.79 Å². The normalized spacial score (nSPS) is 20.2. The molecule has 27 heavy (non-hydrogen) atoms. The molecule has 0 unspecified atom stereocenters. The Bertz CT molecular complexity index is 764. The van der Waals surface area contributed by atoms with Gasteiger partial charge >= 0.3 is 6.03 Å². The summed E-state index contributed by atoms with van der Waals surface area (Å²) in [6.07, 6.45) is 5.23. The summed E-state index contributed by atoms with van der Waals surface area (Å²) in [5.41, 5.74) is 0.828. The number of piperazine rings is 1. The van der Waals surface area contributed by atoms with Gasteiger partial charge in [-0.3, -0.25) is 10.00 Å². The molecule has 2 fully saturated rings. The maximum atomic E-state index is 12.9. The van der Waals surface area contributed by atoms with E-state index in [0.717, 1.165) is 31.4 Å². The summed E-state index contributed by atoms with van der Waals surface area (Å²) in [4.78, 5) is 14.1. The van der Waals surface area contributed by atoms with Crippen molar-refractivity contribution in [2.45, 2.75) is 45.1 Å². The first-order valence-electron chi connectivity index (χ1n) is 9.58. The molecule has 1 aliphatic heterocycles. The molecule has 2 amide bonds. The van der Waals surface area contributed by atoms with Gasteiger partial charge in [-0.1, -0.05) is 19.3 Å². The summed E-state index contributed by atoms with van der Waals surface area (Å²) in [5, 5.41) is 7.05. The zero-order valence-electron chi connectivity index (χ0n) is 16.4. The van der Waals surface area contributed by atoms with Crippen molar-refractivity contribution in [3.8, 4) is 0 Å². The molecule has 10 heteroatoms. The molecule has 152 valence electrons. The van der Waals surface area contributed by atoms with E-state index in [-0.39, 0.29) is 12.1 Å². The molecule has 1 saturated heterocycles. The summed E-state index contributed by atoms with van der Waals surface area (Å²) in [6.45, 7) is 3.25. The summed E-state index contributed by atoms with van der Waals surface area (Å²) in [6, 6.07) is 1.67. The quantitative estimate of drug-likeness (QED) is 0.830. The van der Waals surface area contributed by atoms with Crippen LogP contribution in [0.2, 0.25) is 0 Å². The first kappa shape index (κ1) is 20.1. The fourth-order valence-corrected chi connectivity index (χ4v) is 5.43. The topological polar surface area (TPSA) is 90.8 Å². The second kappa shape index (κ2) is 8.15. The van der Waals surface area contributed by atoms with Crippen LogP contribution in [0.1, 0.15) is 37.8 Å². The number of carbonyl (C=O) groups excluding carboxylic acids is 1. The lowest BCUT2D eigenvalue weighted by Crippen LogP contribution is -2.55. The van der Waals surface area contributed by atoms with E-state index >= 15 is 0 Å². The molecule has 9 nitrogen and oxygen atoms in total. The Labute approximate surface area is 161 Å². The van der Waals surface area contributed by atoms with E-state index in [9.17, 15) is 13.2 Å². The Balaban J connectivity index is 1.56. The number of amides is 2. The minimum absolute atomic E-state index is 0.0955. The molecule has 2 heterocycles. The van der Waals surface area contributed by atoms with Gasteiger partial charge in [-0.05, 0) is 19.8 Å². The van der Waals surface area contributed by atoms with Crippen molar-refractivity contribution < 1.29 is 13.2 Å². The molecule has 0 aromatic carbocycles. The minimum atomic E-state index is -3.48. The van der Waals surface area contributed by atoms with Crippen LogP contribution in [0.25, 0.3) is 0 Å². The monoisotopic (exact) mass is 398 g/mol. The van der Waals surface area contributed by atoms with Gasteiger partial charge in [0.25, 0.3) is 10.2 Å². The molecule has 1 aliphatic carbocycles. The Kier molecular flexibility index (Phi) is 6.07. The van der Waals surface area contributed by atoms with E-state index in [0.29, 0.717) is 32.0 Å². The van der Waals surface area contributed by atoms with Gasteiger partial charge in [0, 0.05) is 52.4 Å². The maximum absolute atomic E-state index is 12.9. The number of urea groups is 1. The van der Waals surface area contributed by atoms with E-state index < -0.39 is 10.2 Å². The molecular formula is C17H30N6O3S. The molecule has 3 rings (SSSR count). The van der Waals surface area contributed by atoms with Gasteiger partial charge in [-0.15, -0.1) is 0 Å². The van der Waals surface area contributed by atoms with Crippen LogP contribution in [-0.4, -0.2) is 77.0 Å². The molecule has 0 radical (unpaired) electrons. The molecule has 1 aromatic heterocycles. The highest BCUT2D eigenvalue weighted by Crippen LogP contribution is 2.25. The second-order valence-corrected chi connectivity index (χ2v) is 9.41. The van der Waals surface area contributed by atoms with Crippen LogP contribution < -0.4 is 5.32 Å². The van der Waals surface area contributed by atoms with Crippen molar-refractivity contribution in [1.82, 2.24) is 23.3 Å². The molecule has 0 atom stereocenters. The fraction of sp³-hybridized carbons (Fsp3) is 0.765. The number of anilines is 1. The Morgan fingerprint density at radius 3 is 2.37 bits per heavy atom. The number of aryl methyl sites for hydroxylation is 2. The molecule has 1 aromatic rings. The average molecular weight is 399 g/mol. The highest BCUT2D eigenvalue weighted by Gasteiger charge is 2.35. The third kappa shape index (κ3) is 4.44. The van der Waals surface area contributed by atoms with Gasteiger partial charge in [0.2, 0.25) is 0 Å². The second-order valence-electron chi connectivity index (χ2n) is 7.43. The van der Waals surface area contributed by atoms with Crippen LogP contribution >= 0.6 is 0 Å². The Morgan fingerprint density at radius 2 is 1.81 bits per heavy atom. The highest BCUT2D eigenvalue weighted by molar-refractivity contribution is 7.86. The third-order valence-electron chi connectivity index (χ3n) is 5.54.